The van der Waals surface area contributed by atoms with Gasteiger partial charge in [-0.15, -0.1) is 0 Å². The van der Waals surface area contributed by atoms with Crippen LogP contribution < -0.4 is 0 Å². The van der Waals surface area contributed by atoms with Gasteiger partial charge >= 0.3 is 18.1 Å². The van der Waals surface area contributed by atoms with Gasteiger partial charge in [-0.3, -0.25) is 0 Å². The molecule has 0 fully saturated rings. The summed E-state index contributed by atoms with van der Waals surface area (Å²) in [5, 5.41) is 8.37. The van der Waals surface area contributed by atoms with Crippen LogP contribution in [-0.2, 0) is 4.74 Å². The normalized spacial score (nSPS) is 14.5. The minimum Gasteiger partial charge on any atom is -0.465 e. The lowest BCUT2D eigenvalue weighted by Crippen LogP contribution is -2.60. The maximum Gasteiger partial charge on any atom is 0.413 e. The second-order valence-corrected chi connectivity index (χ2v) is 3.17. The number of nitrogens with zero attached hydrogens (tertiary/aromatic N) is 1. The van der Waals surface area contributed by atoms with E-state index in [4.69, 9.17) is 5.11 Å². The summed E-state index contributed by atoms with van der Waals surface area (Å²) in [5.41, 5.74) is 0. The Morgan fingerprint density at radius 3 is 2.18 bits per heavy atom. The molecule has 4 nitrogen and oxygen atoms in total. The molecule has 1 N–H and O–H groups in total. The standard InChI is InChI=1S/C8H12F5NO3/c1-3-5(9)7(10,11)8(12,13)14(4-17-2)6(15)16/h5H,3-4H2,1-2H3,(H,15,16). The van der Waals surface area contributed by atoms with Gasteiger partial charge in [-0.1, -0.05) is 6.92 Å². The molecule has 1 amide bonds. The zero-order chi connectivity index (χ0) is 13.9. The first-order valence-corrected chi connectivity index (χ1v) is 4.52. The van der Waals surface area contributed by atoms with Crippen molar-refractivity contribution in [1.29, 1.82) is 0 Å². The van der Waals surface area contributed by atoms with Crippen molar-refractivity contribution in [3.8, 4) is 0 Å². The van der Waals surface area contributed by atoms with Gasteiger partial charge in [0.05, 0.1) is 0 Å². The highest BCUT2D eigenvalue weighted by Crippen LogP contribution is 2.41. The summed E-state index contributed by atoms with van der Waals surface area (Å²) in [4.78, 5) is 9.45. The lowest BCUT2D eigenvalue weighted by atomic mass is 10.1. The quantitative estimate of drug-likeness (QED) is 0.456. The van der Waals surface area contributed by atoms with Gasteiger partial charge in [0.25, 0.3) is 0 Å². The molecule has 0 aliphatic heterocycles. The van der Waals surface area contributed by atoms with Crippen LogP contribution in [0.4, 0.5) is 26.7 Å². The van der Waals surface area contributed by atoms with E-state index in [1.165, 1.54) is 0 Å². The molecule has 1 atom stereocenters. The van der Waals surface area contributed by atoms with Crippen molar-refractivity contribution in [3.63, 3.8) is 0 Å². The van der Waals surface area contributed by atoms with Crippen LogP contribution in [0.3, 0.4) is 0 Å². The molecule has 17 heavy (non-hydrogen) atoms. The Morgan fingerprint density at radius 2 is 1.88 bits per heavy atom. The maximum atomic E-state index is 13.2. The third-order valence-electron chi connectivity index (χ3n) is 1.98. The van der Waals surface area contributed by atoms with Crippen molar-refractivity contribution < 1.29 is 36.6 Å². The first-order valence-electron chi connectivity index (χ1n) is 4.52. The smallest absolute Gasteiger partial charge is 0.413 e. The van der Waals surface area contributed by atoms with Crippen LogP contribution in [0.15, 0.2) is 0 Å². The Morgan fingerprint density at radius 1 is 1.41 bits per heavy atom. The van der Waals surface area contributed by atoms with Gasteiger partial charge in [0.15, 0.2) is 6.17 Å². The number of halogens is 5. The third-order valence-corrected chi connectivity index (χ3v) is 1.98. The average molecular weight is 265 g/mol. The first kappa shape index (κ1) is 15.9. The van der Waals surface area contributed by atoms with Crippen molar-refractivity contribution in [2.24, 2.45) is 0 Å². The molecule has 0 rings (SSSR count). The van der Waals surface area contributed by atoms with Crippen LogP contribution in [0.1, 0.15) is 13.3 Å². The number of amides is 1. The number of hydrogen-bond donors (Lipinski definition) is 1. The molecule has 0 aliphatic rings. The molecule has 0 spiro atoms. The number of rotatable bonds is 6. The highest BCUT2D eigenvalue weighted by Gasteiger charge is 2.66. The van der Waals surface area contributed by atoms with Gasteiger partial charge in [-0.05, 0) is 6.42 Å². The second kappa shape index (κ2) is 5.48. The largest absolute Gasteiger partial charge is 0.465 e. The molecule has 0 saturated heterocycles. The van der Waals surface area contributed by atoms with Crippen LogP contribution in [-0.4, -0.2) is 48.1 Å². The summed E-state index contributed by atoms with van der Waals surface area (Å²) in [6, 6.07) is -5.19. The summed E-state index contributed by atoms with van der Waals surface area (Å²) in [7, 11) is 0.844. The van der Waals surface area contributed by atoms with E-state index in [2.05, 4.69) is 4.74 Å². The molecule has 102 valence electrons. The number of ether oxygens (including phenoxy) is 1. The van der Waals surface area contributed by atoms with E-state index in [-0.39, 0.29) is 0 Å². The van der Waals surface area contributed by atoms with E-state index in [9.17, 15) is 26.7 Å². The summed E-state index contributed by atoms with van der Waals surface area (Å²) in [5.74, 6) is -5.13. The van der Waals surface area contributed by atoms with Gasteiger partial charge in [0.2, 0.25) is 0 Å². The monoisotopic (exact) mass is 265 g/mol. The topological polar surface area (TPSA) is 49.8 Å². The lowest BCUT2D eigenvalue weighted by Gasteiger charge is -2.34. The molecule has 0 aliphatic carbocycles. The van der Waals surface area contributed by atoms with Gasteiger partial charge in [-0.25, -0.2) is 14.1 Å². The van der Waals surface area contributed by atoms with Crippen LogP contribution in [0.5, 0.6) is 0 Å². The van der Waals surface area contributed by atoms with Crippen LogP contribution in [0.25, 0.3) is 0 Å². The van der Waals surface area contributed by atoms with Crippen molar-refractivity contribution in [3.05, 3.63) is 0 Å². The van der Waals surface area contributed by atoms with E-state index >= 15 is 0 Å². The number of hydrogen-bond acceptors (Lipinski definition) is 2. The van der Waals surface area contributed by atoms with Gasteiger partial charge in [-0.2, -0.15) is 17.6 Å². The lowest BCUT2D eigenvalue weighted by molar-refractivity contribution is -0.304. The molecule has 1 unspecified atom stereocenters. The SMILES string of the molecule is CCC(F)C(F)(F)C(F)(F)N(COC)C(=O)O. The van der Waals surface area contributed by atoms with Crippen molar-refractivity contribution >= 4 is 6.09 Å². The van der Waals surface area contributed by atoms with E-state index in [1.807, 2.05) is 0 Å². The summed E-state index contributed by atoms with van der Waals surface area (Å²) >= 11 is 0. The Bertz CT molecular complexity index is 274. The van der Waals surface area contributed by atoms with Crippen LogP contribution in [0, 0.1) is 0 Å². The zero-order valence-corrected chi connectivity index (χ0v) is 9.09. The average Bonchev–Trinajstić information content (AvgIpc) is 2.23. The maximum absolute atomic E-state index is 13.2. The first-order chi connectivity index (χ1) is 7.62. The van der Waals surface area contributed by atoms with Gasteiger partial charge in [0.1, 0.15) is 6.73 Å². The number of alkyl halides is 5. The number of carboxylic acid groups (broad SMARTS) is 1. The molecule has 0 saturated carbocycles. The molecule has 9 heteroatoms. The fourth-order valence-corrected chi connectivity index (χ4v) is 1.01. The fraction of sp³-hybridized carbons (Fsp3) is 0.875. The van der Waals surface area contributed by atoms with E-state index in [0.29, 0.717) is 0 Å². The summed E-state index contributed by atoms with van der Waals surface area (Å²) in [6.07, 6.45) is -6.36. The Labute approximate surface area is 94.0 Å². The van der Waals surface area contributed by atoms with Crippen molar-refractivity contribution in [2.75, 3.05) is 13.8 Å². The Kier molecular flexibility index (Phi) is 5.12. The Balaban J connectivity index is 5.25. The van der Waals surface area contributed by atoms with E-state index in [1.54, 1.807) is 0 Å². The highest BCUT2D eigenvalue weighted by atomic mass is 19.3. The Hall–Kier alpha value is -1.12. The van der Waals surface area contributed by atoms with Crippen LogP contribution >= 0.6 is 0 Å². The molecule has 0 radical (unpaired) electrons. The summed E-state index contributed by atoms with van der Waals surface area (Å²) < 4.78 is 69.4. The van der Waals surface area contributed by atoms with Crippen LogP contribution in [0.2, 0.25) is 0 Å². The van der Waals surface area contributed by atoms with E-state index < -0.39 is 42.3 Å². The number of methoxy groups -OCH3 is 1. The second-order valence-electron chi connectivity index (χ2n) is 3.17. The predicted octanol–water partition coefficient (Wildman–Crippen LogP) is 2.55. The summed E-state index contributed by atoms with van der Waals surface area (Å²) in [6.45, 7) is -0.357. The van der Waals surface area contributed by atoms with Crippen molar-refractivity contribution in [1.82, 2.24) is 4.90 Å². The zero-order valence-electron chi connectivity index (χ0n) is 9.09. The van der Waals surface area contributed by atoms with Gasteiger partial charge in [0, 0.05) is 7.11 Å². The van der Waals surface area contributed by atoms with Gasteiger partial charge < -0.3 is 9.84 Å². The predicted molar refractivity (Wildman–Crippen MR) is 46.8 cm³/mol. The molecule has 0 aromatic rings. The third kappa shape index (κ3) is 2.96. The number of carbonyl (C=O) groups is 1. The molecule has 0 aromatic carbocycles. The van der Waals surface area contributed by atoms with Crippen molar-refractivity contribution in [2.45, 2.75) is 31.5 Å². The molecular weight excluding hydrogens is 253 g/mol. The minimum absolute atomic E-state index is 0.844. The van der Waals surface area contributed by atoms with E-state index in [0.717, 1.165) is 14.0 Å². The fourth-order valence-electron chi connectivity index (χ4n) is 1.01. The molecule has 0 aromatic heterocycles. The highest BCUT2D eigenvalue weighted by molar-refractivity contribution is 5.65. The minimum atomic E-state index is -5.19. The molecule has 0 heterocycles. The molecule has 0 bridgehead atoms. The molecular formula is C8H12F5NO3.